The zero-order valence-electron chi connectivity index (χ0n) is 32.6. The van der Waals surface area contributed by atoms with E-state index < -0.39 is 40.5 Å². The molecule has 49 heavy (non-hydrogen) atoms. The van der Waals surface area contributed by atoms with E-state index in [9.17, 15) is 19.8 Å². The number of hydrogen-bond acceptors (Lipinski definition) is 10. The van der Waals surface area contributed by atoms with Crippen molar-refractivity contribution in [3.05, 3.63) is 0 Å². The summed E-state index contributed by atoms with van der Waals surface area (Å²) in [6.45, 7) is 19.8. The van der Waals surface area contributed by atoms with Crippen molar-refractivity contribution in [2.45, 2.75) is 169 Å². The van der Waals surface area contributed by atoms with E-state index in [-0.39, 0.29) is 65.7 Å². The van der Waals surface area contributed by atoms with Crippen molar-refractivity contribution in [3.63, 3.8) is 0 Å². The Hall–Kier alpha value is -1.38. The van der Waals surface area contributed by atoms with Crippen LogP contribution in [0.15, 0.2) is 0 Å². The van der Waals surface area contributed by atoms with Crippen LogP contribution in [0.2, 0.25) is 0 Å². The van der Waals surface area contributed by atoms with Gasteiger partial charge in [0.1, 0.15) is 0 Å². The van der Waals surface area contributed by atoms with Crippen LogP contribution in [0.5, 0.6) is 0 Å². The first-order valence-corrected chi connectivity index (χ1v) is 18.9. The second kappa shape index (κ2) is 24.7. The van der Waals surface area contributed by atoms with Crippen molar-refractivity contribution in [2.75, 3.05) is 52.9 Å². The lowest BCUT2D eigenvalue weighted by Gasteiger charge is -2.62. The van der Waals surface area contributed by atoms with Gasteiger partial charge in [-0.3, -0.25) is 9.59 Å². The lowest BCUT2D eigenvalue weighted by atomic mass is 9.62. The average Bonchev–Trinajstić information content (AvgIpc) is 3.07. The van der Waals surface area contributed by atoms with Gasteiger partial charge in [-0.05, 0) is 79.1 Å². The van der Waals surface area contributed by atoms with Crippen LogP contribution in [0.1, 0.15) is 146 Å². The van der Waals surface area contributed by atoms with E-state index in [1.165, 1.54) is 0 Å². The summed E-state index contributed by atoms with van der Waals surface area (Å²) in [5, 5.41) is 21.3. The Balaban J connectivity index is 8.62. The van der Waals surface area contributed by atoms with Gasteiger partial charge in [-0.1, -0.05) is 60.8 Å². The highest BCUT2D eigenvalue weighted by molar-refractivity contribution is 5.78. The van der Waals surface area contributed by atoms with Gasteiger partial charge in [0.25, 0.3) is 0 Å². The van der Waals surface area contributed by atoms with Crippen LogP contribution in [0.25, 0.3) is 0 Å². The molecule has 0 rings (SSSR count). The number of carboxylic acid groups (broad SMARTS) is 2. The first kappa shape index (κ1) is 47.6. The predicted octanol–water partition coefficient (Wildman–Crippen LogP) is 7.94. The molecule has 0 fully saturated rings. The SMILES string of the molecule is CCCOC(C)(OCCC)C(OCC)(OCCC)C(CCCCCCC(=O)O)(C(=O)O)C(OCC)(OCCC)C(C)(OCCC)OCCC. The van der Waals surface area contributed by atoms with Crippen molar-refractivity contribution < 1.29 is 57.7 Å². The van der Waals surface area contributed by atoms with Crippen LogP contribution in [0, 0.1) is 5.41 Å². The van der Waals surface area contributed by atoms with E-state index in [2.05, 4.69) is 0 Å². The number of carboxylic acids is 2. The van der Waals surface area contributed by atoms with Gasteiger partial charge in [-0.15, -0.1) is 0 Å². The van der Waals surface area contributed by atoms with E-state index in [1.54, 1.807) is 27.7 Å². The number of carbonyl (C=O) groups is 2. The second-order valence-corrected chi connectivity index (χ2v) is 12.6. The third-order valence-electron chi connectivity index (χ3n) is 8.42. The van der Waals surface area contributed by atoms with E-state index >= 15 is 0 Å². The van der Waals surface area contributed by atoms with Crippen molar-refractivity contribution >= 4 is 11.9 Å². The minimum absolute atomic E-state index is 0.0244. The molecular weight excluding hydrogens is 636 g/mol. The van der Waals surface area contributed by atoms with Crippen LogP contribution < -0.4 is 0 Å². The molecule has 2 atom stereocenters. The Bertz CT molecular complexity index is 819. The Labute approximate surface area is 297 Å². The fourth-order valence-electron chi connectivity index (χ4n) is 6.38. The summed E-state index contributed by atoms with van der Waals surface area (Å²) >= 11 is 0. The maximum absolute atomic E-state index is 14.8. The molecule has 0 saturated heterocycles. The monoisotopic (exact) mass is 709 g/mol. The summed E-state index contributed by atoms with van der Waals surface area (Å²) in [5.74, 6) is -10.1. The maximum Gasteiger partial charge on any atom is 0.321 e. The molecule has 0 heterocycles. The van der Waals surface area contributed by atoms with Crippen LogP contribution >= 0.6 is 0 Å². The standard InChI is InChI=1S/C37H72O12/c1-11-25-44-33(9,45-26-12-2)36(42-17-7,48-29-15-5)35(32(40)41,24-22-20-19-21-23-31(38)39)37(43-18-8,49-30-16-6)34(10,46-27-13-3)47-28-14-4/h11-30H2,1-10H3,(H,38,39)(H,40,41). The molecule has 292 valence electrons. The fraction of sp³-hybridized carbons (Fsp3) is 0.946. The van der Waals surface area contributed by atoms with E-state index in [1.807, 2.05) is 41.5 Å². The second-order valence-electron chi connectivity index (χ2n) is 12.6. The number of unbranched alkanes of at least 4 members (excludes halogenated alkanes) is 3. The molecule has 0 radical (unpaired) electrons. The highest BCUT2D eigenvalue weighted by atomic mass is 16.8. The fourth-order valence-corrected chi connectivity index (χ4v) is 6.38. The third kappa shape index (κ3) is 11.8. The molecule has 0 aromatic rings. The van der Waals surface area contributed by atoms with Crippen molar-refractivity contribution in [1.29, 1.82) is 0 Å². The number of hydrogen-bond donors (Lipinski definition) is 2. The highest BCUT2D eigenvalue weighted by Crippen LogP contribution is 2.61. The van der Waals surface area contributed by atoms with Crippen LogP contribution in [-0.2, 0) is 47.5 Å². The first-order chi connectivity index (χ1) is 23.3. The van der Waals surface area contributed by atoms with Crippen LogP contribution in [0.3, 0.4) is 0 Å². The summed E-state index contributed by atoms with van der Waals surface area (Å²) in [6, 6.07) is 0. The quantitative estimate of drug-likeness (QED) is 0.0494. The number of aliphatic carboxylic acids is 2. The molecule has 12 heteroatoms. The Morgan fingerprint density at radius 3 is 1.08 bits per heavy atom. The van der Waals surface area contributed by atoms with Crippen LogP contribution in [0.4, 0.5) is 0 Å². The third-order valence-corrected chi connectivity index (χ3v) is 8.42. The molecule has 2 N–H and O–H groups in total. The molecule has 0 bridgehead atoms. The van der Waals surface area contributed by atoms with E-state index in [0.29, 0.717) is 64.2 Å². The molecule has 0 saturated carbocycles. The summed E-state index contributed by atoms with van der Waals surface area (Å²) in [5.41, 5.74) is -2.25. The zero-order valence-corrected chi connectivity index (χ0v) is 32.6. The molecule has 0 aromatic heterocycles. The first-order valence-electron chi connectivity index (χ1n) is 18.9. The summed E-state index contributed by atoms with van der Waals surface area (Å²) < 4.78 is 53.6. The van der Waals surface area contributed by atoms with Crippen molar-refractivity contribution in [1.82, 2.24) is 0 Å². The highest BCUT2D eigenvalue weighted by Gasteiger charge is 2.82. The predicted molar refractivity (Wildman–Crippen MR) is 188 cm³/mol. The molecule has 0 aliphatic heterocycles. The molecule has 0 aliphatic carbocycles. The largest absolute Gasteiger partial charge is 0.481 e. The topological polar surface area (TPSA) is 148 Å². The molecule has 0 amide bonds. The Morgan fingerprint density at radius 2 is 0.796 bits per heavy atom. The zero-order chi connectivity index (χ0) is 37.5. The minimum Gasteiger partial charge on any atom is -0.481 e. The Kier molecular flexibility index (Phi) is 24.0. The van der Waals surface area contributed by atoms with Gasteiger partial charge in [0.05, 0.1) is 13.2 Å². The molecule has 0 aliphatic rings. The molecule has 2 unspecified atom stereocenters. The van der Waals surface area contributed by atoms with Gasteiger partial charge < -0.3 is 48.1 Å². The molecular formula is C37H72O12. The van der Waals surface area contributed by atoms with Crippen molar-refractivity contribution in [2.24, 2.45) is 5.41 Å². The maximum atomic E-state index is 14.8. The molecule has 12 nitrogen and oxygen atoms in total. The average molecular weight is 709 g/mol. The van der Waals surface area contributed by atoms with Crippen molar-refractivity contribution in [3.8, 4) is 0 Å². The van der Waals surface area contributed by atoms with Gasteiger partial charge >= 0.3 is 11.9 Å². The van der Waals surface area contributed by atoms with Gasteiger partial charge in [0.2, 0.25) is 23.1 Å². The Morgan fingerprint density at radius 1 is 0.469 bits per heavy atom. The van der Waals surface area contributed by atoms with Gasteiger partial charge in [-0.2, -0.15) is 0 Å². The summed E-state index contributed by atoms with van der Waals surface area (Å²) in [6.07, 6.45) is 5.34. The summed E-state index contributed by atoms with van der Waals surface area (Å²) in [7, 11) is 0. The van der Waals surface area contributed by atoms with Gasteiger partial charge in [0.15, 0.2) is 5.41 Å². The normalized spacial score (nSPS) is 16.2. The summed E-state index contributed by atoms with van der Waals surface area (Å²) in [4.78, 5) is 26.0. The molecule has 0 spiro atoms. The minimum atomic E-state index is -2.25. The molecule has 0 aromatic carbocycles. The van der Waals surface area contributed by atoms with Crippen LogP contribution in [-0.4, -0.2) is 98.2 Å². The number of rotatable bonds is 34. The van der Waals surface area contributed by atoms with Gasteiger partial charge in [-0.25, -0.2) is 0 Å². The van der Waals surface area contributed by atoms with Gasteiger partial charge in [0, 0.05) is 46.1 Å². The van der Waals surface area contributed by atoms with E-state index in [0.717, 1.165) is 0 Å². The van der Waals surface area contributed by atoms with E-state index in [4.69, 9.17) is 37.9 Å². The lowest BCUT2D eigenvalue weighted by Crippen LogP contribution is -2.82. The lowest BCUT2D eigenvalue weighted by molar-refractivity contribution is -0.507. The number of ether oxygens (including phenoxy) is 8. The smallest absolute Gasteiger partial charge is 0.321 e.